The van der Waals surface area contributed by atoms with Gasteiger partial charge < -0.3 is 15.4 Å². The first-order valence-electron chi connectivity index (χ1n) is 5.96. The van der Waals surface area contributed by atoms with E-state index in [9.17, 15) is 4.79 Å². The Morgan fingerprint density at radius 1 is 1.31 bits per heavy atom. The molecule has 0 saturated heterocycles. The molecule has 0 radical (unpaired) electrons. The van der Waals surface area contributed by atoms with Gasteiger partial charge in [-0.25, -0.2) is 0 Å². The van der Waals surface area contributed by atoms with Crippen LogP contribution in [0.15, 0.2) is 0 Å². The van der Waals surface area contributed by atoms with E-state index in [1.807, 2.05) is 13.8 Å². The number of nitrogens with zero attached hydrogens (tertiary/aromatic N) is 1. The number of nitrogens with two attached hydrogens (primary N) is 1. The lowest BCUT2D eigenvalue weighted by Gasteiger charge is -2.22. The molecule has 0 heterocycles. The van der Waals surface area contributed by atoms with Crippen molar-refractivity contribution in [2.45, 2.75) is 46.3 Å². The summed E-state index contributed by atoms with van der Waals surface area (Å²) in [5.74, 6) is 0.445. The van der Waals surface area contributed by atoms with Crippen molar-refractivity contribution in [2.24, 2.45) is 11.7 Å². The number of hydrogen-bond donors (Lipinski definition) is 1. The van der Waals surface area contributed by atoms with Crippen molar-refractivity contribution in [1.82, 2.24) is 4.90 Å². The Labute approximate surface area is 99.1 Å². The molecule has 2 N–H and O–H groups in total. The summed E-state index contributed by atoms with van der Waals surface area (Å²) in [5, 5.41) is 0. The lowest BCUT2D eigenvalue weighted by molar-refractivity contribution is -0.132. The smallest absolute Gasteiger partial charge is 0.239 e. The first-order chi connectivity index (χ1) is 7.34. The first-order valence-corrected chi connectivity index (χ1v) is 5.96. The average Bonchev–Trinajstić information content (AvgIpc) is 2.14. The van der Waals surface area contributed by atoms with Crippen LogP contribution in [0.1, 0.15) is 34.1 Å². The molecule has 0 spiro atoms. The SMILES string of the molecule is CC(C)C[C@H](N)C(=O)N(C)CCOC(C)C. The Kier molecular flexibility index (Phi) is 7.34. The van der Waals surface area contributed by atoms with E-state index in [-0.39, 0.29) is 18.1 Å². The van der Waals surface area contributed by atoms with Crippen LogP contribution in [-0.2, 0) is 9.53 Å². The van der Waals surface area contributed by atoms with Gasteiger partial charge in [0.1, 0.15) is 0 Å². The maximum atomic E-state index is 11.8. The third-order valence-corrected chi connectivity index (χ3v) is 2.30. The topological polar surface area (TPSA) is 55.6 Å². The third-order valence-electron chi connectivity index (χ3n) is 2.30. The molecular formula is C12H26N2O2. The molecule has 1 atom stereocenters. The summed E-state index contributed by atoms with van der Waals surface area (Å²) in [6.07, 6.45) is 0.932. The average molecular weight is 230 g/mol. The normalized spacial score (nSPS) is 13.2. The van der Waals surface area contributed by atoms with Gasteiger partial charge in [0.25, 0.3) is 0 Å². The molecule has 0 aliphatic carbocycles. The third kappa shape index (κ3) is 6.80. The molecule has 16 heavy (non-hydrogen) atoms. The highest BCUT2D eigenvalue weighted by Gasteiger charge is 2.18. The van der Waals surface area contributed by atoms with Gasteiger partial charge in [-0.2, -0.15) is 0 Å². The summed E-state index contributed by atoms with van der Waals surface area (Å²) in [6, 6.07) is -0.385. The number of likely N-dealkylation sites (N-methyl/N-ethyl adjacent to an activating group) is 1. The van der Waals surface area contributed by atoms with Crippen LogP contribution in [0.25, 0.3) is 0 Å². The van der Waals surface area contributed by atoms with E-state index in [4.69, 9.17) is 10.5 Å². The zero-order valence-electron chi connectivity index (χ0n) is 11.2. The largest absolute Gasteiger partial charge is 0.377 e. The molecule has 96 valence electrons. The van der Waals surface area contributed by atoms with Gasteiger partial charge in [-0.05, 0) is 26.2 Å². The van der Waals surface area contributed by atoms with Gasteiger partial charge >= 0.3 is 0 Å². The molecule has 1 amide bonds. The minimum Gasteiger partial charge on any atom is -0.377 e. The van der Waals surface area contributed by atoms with E-state index >= 15 is 0 Å². The Balaban J connectivity index is 3.88. The molecule has 0 aromatic rings. The molecule has 0 rings (SSSR count). The fraction of sp³-hybridized carbons (Fsp3) is 0.917. The maximum Gasteiger partial charge on any atom is 0.239 e. The molecule has 4 heteroatoms. The first kappa shape index (κ1) is 15.4. The van der Waals surface area contributed by atoms with Crippen molar-refractivity contribution in [3.05, 3.63) is 0 Å². The van der Waals surface area contributed by atoms with Crippen molar-refractivity contribution in [3.8, 4) is 0 Å². The van der Waals surface area contributed by atoms with Crippen LogP contribution in [0.4, 0.5) is 0 Å². The monoisotopic (exact) mass is 230 g/mol. The lowest BCUT2D eigenvalue weighted by atomic mass is 10.0. The van der Waals surface area contributed by atoms with E-state index < -0.39 is 0 Å². The van der Waals surface area contributed by atoms with Crippen molar-refractivity contribution in [2.75, 3.05) is 20.2 Å². The van der Waals surface area contributed by atoms with Gasteiger partial charge in [0, 0.05) is 13.6 Å². The predicted octanol–water partition coefficient (Wildman–Crippen LogP) is 1.24. The zero-order chi connectivity index (χ0) is 12.7. The number of rotatable bonds is 7. The van der Waals surface area contributed by atoms with Crippen LogP contribution in [0, 0.1) is 5.92 Å². The second kappa shape index (κ2) is 7.63. The Morgan fingerprint density at radius 3 is 2.31 bits per heavy atom. The van der Waals surface area contributed by atoms with Gasteiger partial charge in [-0.1, -0.05) is 13.8 Å². The van der Waals surface area contributed by atoms with Gasteiger partial charge in [0.2, 0.25) is 5.91 Å². The van der Waals surface area contributed by atoms with Gasteiger partial charge in [-0.15, -0.1) is 0 Å². The second-order valence-corrected chi connectivity index (χ2v) is 4.92. The van der Waals surface area contributed by atoms with Gasteiger partial charge in [0.15, 0.2) is 0 Å². The lowest BCUT2D eigenvalue weighted by Crippen LogP contribution is -2.43. The number of hydrogen-bond acceptors (Lipinski definition) is 3. The molecule has 0 aromatic heterocycles. The number of ether oxygens (including phenoxy) is 1. The number of amides is 1. The quantitative estimate of drug-likeness (QED) is 0.716. The summed E-state index contributed by atoms with van der Waals surface area (Å²) in [6.45, 7) is 9.25. The maximum absolute atomic E-state index is 11.8. The summed E-state index contributed by atoms with van der Waals surface area (Å²) in [7, 11) is 1.77. The summed E-state index contributed by atoms with van der Waals surface area (Å²) in [5.41, 5.74) is 5.82. The molecule has 0 aliphatic heterocycles. The van der Waals surface area contributed by atoms with E-state index in [1.165, 1.54) is 0 Å². The molecule has 0 bridgehead atoms. The predicted molar refractivity (Wildman–Crippen MR) is 66.2 cm³/mol. The fourth-order valence-electron chi connectivity index (χ4n) is 1.43. The van der Waals surface area contributed by atoms with Crippen molar-refractivity contribution >= 4 is 5.91 Å². The fourth-order valence-corrected chi connectivity index (χ4v) is 1.43. The summed E-state index contributed by atoms with van der Waals surface area (Å²) >= 11 is 0. The van der Waals surface area contributed by atoms with Crippen LogP contribution in [0.2, 0.25) is 0 Å². The zero-order valence-corrected chi connectivity index (χ0v) is 11.2. The Hall–Kier alpha value is -0.610. The van der Waals surface area contributed by atoms with E-state index in [0.29, 0.717) is 19.1 Å². The highest BCUT2D eigenvalue weighted by Crippen LogP contribution is 2.05. The number of carbonyl (C=O) groups is 1. The Morgan fingerprint density at radius 2 is 1.88 bits per heavy atom. The highest BCUT2D eigenvalue weighted by molar-refractivity contribution is 5.81. The Bertz CT molecular complexity index is 205. The molecule has 0 fully saturated rings. The van der Waals surface area contributed by atoms with E-state index in [0.717, 1.165) is 6.42 Å². The minimum absolute atomic E-state index is 0.000978. The van der Waals surface area contributed by atoms with Gasteiger partial charge in [-0.3, -0.25) is 4.79 Å². The second-order valence-electron chi connectivity index (χ2n) is 4.92. The standard InChI is InChI=1S/C12H26N2O2/c1-9(2)8-11(13)12(15)14(5)6-7-16-10(3)4/h9-11H,6-8,13H2,1-5H3/t11-/m0/s1. The molecule has 0 saturated carbocycles. The van der Waals surface area contributed by atoms with Crippen LogP contribution in [-0.4, -0.2) is 43.2 Å². The molecule has 0 aliphatic rings. The highest BCUT2D eigenvalue weighted by atomic mass is 16.5. The van der Waals surface area contributed by atoms with Crippen molar-refractivity contribution < 1.29 is 9.53 Å². The van der Waals surface area contributed by atoms with E-state index in [2.05, 4.69) is 13.8 Å². The van der Waals surface area contributed by atoms with Crippen LogP contribution in [0.5, 0.6) is 0 Å². The van der Waals surface area contributed by atoms with Crippen LogP contribution < -0.4 is 5.73 Å². The van der Waals surface area contributed by atoms with Gasteiger partial charge in [0.05, 0.1) is 18.8 Å². The molecule has 0 unspecified atom stereocenters. The van der Waals surface area contributed by atoms with Crippen molar-refractivity contribution in [3.63, 3.8) is 0 Å². The summed E-state index contributed by atoms with van der Waals surface area (Å²) < 4.78 is 5.39. The van der Waals surface area contributed by atoms with Crippen molar-refractivity contribution in [1.29, 1.82) is 0 Å². The minimum atomic E-state index is -0.385. The van der Waals surface area contributed by atoms with E-state index in [1.54, 1.807) is 11.9 Å². The van der Waals surface area contributed by atoms with Crippen LogP contribution in [0.3, 0.4) is 0 Å². The molecule has 0 aromatic carbocycles. The van der Waals surface area contributed by atoms with Crippen LogP contribution >= 0.6 is 0 Å². The molecular weight excluding hydrogens is 204 g/mol. The summed E-state index contributed by atoms with van der Waals surface area (Å²) in [4.78, 5) is 13.4. The number of carbonyl (C=O) groups excluding carboxylic acids is 1. The molecule has 4 nitrogen and oxygen atoms in total.